The number of nitrogens with two attached hydrogens (primary N) is 1. The summed E-state index contributed by atoms with van der Waals surface area (Å²) in [4.78, 5) is 4.74. The average Bonchev–Trinajstić information content (AvgIpc) is 3.34. The van der Waals surface area contributed by atoms with Crippen molar-refractivity contribution in [3.05, 3.63) is 54.4 Å². The van der Waals surface area contributed by atoms with E-state index in [-0.39, 0.29) is 4.90 Å². The second-order valence-electron chi connectivity index (χ2n) is 6.73. The second-order valence-corrected chi connectivity index (χ2v) is 9.23. The molecule has 0 aliphatic heterocycles. The summed E-state index contributed by atoms with van der Waals surface area (Å²) in [5, 5.41) is 17.9. The number of hydrogen-bond donors (Lipinski definition) is 1. The largest absolute Gasteiger partial charge is 0.327 e. The molecule has 0 fully saturated rings. The first kappa shape index (κ1) is 20.5. The Kier molecular flexibility index (Phi) is 5.84. The zero-order valence-corrected chi connectivity index (χ0v) is 18.0. The molecule has 4 aromatic rings. The number of tetrazole rings is 1. The molecule has 0 bridgehead atoms. The van der Waals surface area contributed by atoms with Crippen molar-refractivity contribution in [2.45, 2.75) is 42.1 Å². The Bertz CT molecular complexity index is 1270. The van der Waals surface area contributed by atoms with E-state index in [0.717, 1.165) is 36.4 Å². The minimum Gasteiger partial charge on any atom is -0.327 e. The number of benzene rings is 2. The van der Waals surface area contributed by atoms with Crippen molar-refractivity contribution in [3.8, 4) is 5.69 Å². The Morgan fingerprint density at radius 1 is 1.13 bits per heavy atom. The first-order chi connectivity index (χ1) is 14.5. The number of imidazole rings is 1. The number of sulfonamides is 1. The van der Waals surface area contributed by atoms with Crippen molar-refractivity contribution in [1.29, 1.82) is 0 Å². The molecule has 30 heavy (non-hydrogen) atoms. The van der Waals surface area contributed by atoms with Gasteiger partial charge >= 0.3 is 0 Å². The second kappa shape index (κ2) is 8.54. The summed E-state index contributed by atoms with van der Waals surface area (Å²) >= 11 is 1.47. The van der Waals surface area contributed by atoms with Crippen molar-refractivity contribution in [1.82, 2.24) is 29.8 Å². The fourth-order valence-corrected chi connectivity index (χ4v) is 4.51. The number of unbranched alkanes of at least 4 members (excludes halogenated alkanes) is 1. The van der Waals surface area contributed by atoms with Crippen LogP contribution in [-0.2, 0) is 22.3 Å². The predicted molar refractivity (Wildman–Crippen MR) is 115 cm³/mol. The van der Waals surface area contributed by atoms with Crippen molar-refractivity contribution in [2.24, 2.45) is 5.14 Å². The molecule has 4 rings (SSSR count). The lowest BCUT2D eigenvalue weighted by atomic mass is 10.3. The summed E-state index contributed by atoms with van der Waals surface area (Å²) in [6.07, 6.45) is 2.02. The van der Waals surface area contributed by atoms with Crippen molar-refractivity contribution in [3.63, 3.8) is 0 Å². The number of para-hydroxylation sites is 1. The molecule has 0 amide bonds. The fourth-order valence-electron chi connectivity index (χ4n) is 3.14. The summed E-state index contributed by atoms with van der Waals surface area (Å²) in [7, 11) is -3.78. The number of fused-ring (bicyclic) bond motifs is 1. The van der Waals surface area contributed by atoms with Gasteiger partial charge in [-0.1, -0.05) is 43.3 Å². The van der Waals surface area contributed by atoms with E-state index in [1.54, 1.807) is 10.7 Å². The molecule has 2 aromatic heterocycles. The predicted octanol–water partition coefficient (Wildman–Crippen LogP) is 2.75. The topological polar surface area (TPSA) is 122 Å². The van der Waals surface area contributed by atoms with Crippen molar-refractivity contribution >= 4 is 32.8 Å². The highest BCUT2D eigenvalue weighted by Gasteiger charge is 2.16. The maximum atomic E-state index is 11.7. The molecule has 2 aromatic carbocycles. The molecule has 9 nitrogen and oxygen atoms in total. The maximum absolute atomic E-state index is 11.7. The quantitative estimate of drug-likeness (QED) is 0.416. The van der Waals surface area contributed by atoms with E-state index in [1.807, 2.05) is 30.3 Å². The van der Waals surface area contributed by atoms with Crippen LogP contribution in [0, 0.1) is 0 Å². The molecule has 0 aliphatic carbocycles. The number of nitrogens with zero attached hydrogens (tertiary/aromatic N) is 6. The Labute approximate surface area is 178 Å². The standard InChI is InChI=1S/C19H21N7O2S2/c1-2-3-11-25-17-10-9-15(30(20,27)28)12-16(17)21-18(25)13-29-19-22-23-24-26(19)14-7-5-4-6-8-14/h4-10,12H,2-3,11,13H2,1H3,(H2,20,27,28). The Morgan fingerprint density at radius 3 is 2.67 bits per heavy atom. The van der Waals surface area contributed by atoms with Gasteiger partial charge in [0, 0.05) is 6.54 Å². The van der Waals surface area contributed by atoms with Gasteiger partial charge in [-0.25, -0.2) is 18.5 Å². The lowest BCUT2D eigenvalue weighted by Gasteiger charge is -2.09. The molecule has 156 valence electrons. The molecule has 0 radical (unpaired) electrons. The van der Waals surface area contributed by atoms with Crippen LogP contribution in [0.2, 0.25) is 0 Å². The van der Waals surface area contributed by atoms with E-state index in [2.05, 4.69) is 32.0 Å². The highest BCUT2D eigenvalue weighted by atomic mass is 32.2. The van der Waals surface area contributed by atoms with Crippen molar-refractivity contribution < 1.29 is 8.42 Å². The Balaban J connectivity index is 1.66. The van der Waals surface area contributed by atoms with Gasteiger partial charge < -0.3 is 4.57 Å². The molecule has 2 N–H and O–H groups in total. The summed E-state index contributed by atoms with van der Waals surface area (Å²) in [5.41, 5.74) is 2.37. The lowest BCUT2D eigenvalue weighted by Crippen LogP contribution is -2.11. The lowest BCUT2D eigenvalue weighted by molar-refractivity contribution is 0.598. The van der Waals surface area contributed by atoms with E-state index in [1.165, 1.54) is 23.9 Å². The van der Waals surface area contributed by atoms with Crippen LogP contribution in [-0.4, -0.2) is 38.2 Å². The van der Waals surface area contributed by atoms with Crippen molar-refractivity contribution in [2.75, 3.05) is 0 Å². The Morgan fingerprint density at radius 2 is 1.93 bits per heavy atom. The van der Waals surface area contributed by atoms with Gasteiger partial charge in [-0.2, -0.15) is 4.68 Å². The Hall–Kier alpha value is -2.76. The summed E-state index contributed by atoms with van der Waals surface area (Å²) < 4.78 is 27.2. The van der Waals surface area contributed by atoms with E-state index in [9.17, 15) is 8.42 Å². The molecular weight excluding hydrogens is 422 g/mol. The number of primary sulfonamides is 1. The van der Waals surface area contributed by atoms with Gasteiger partial charge in [0.25, 0.3) is 0 Å². The number of rotatable bonds is 8. The number of aromatic nitrogens is 6. The summed E-state index contributed by atoms with van der Waals surface area (Å²) in [6.45, 7) is 2.92. The maximum Gasteiger partial charge on any atom is 0.238 e. The minimum atomic E-state index is -3.78. The molecule has 0 saturated heterocycles. The monoisotopic (exact) mass is 443 g/mol. The highest BCUT2D eigenvalue weighted by molar-refractivity contribution is 7.98. The van der Waals surface area contributed by atoms with Crippen LogP contribution in [0.3, 0.4) is 0 Å². The first-order valence-electron chi connectivity index (χ1n) is 9.46. The fraction of sp³-hybridized carbons (Fsp3) is 0.263. The first-order valence-corrected chi connectivity index (χ1v) is 12.0. The molecule has 0 spiro atoms. The third-order valence-corrected chi connectivity index (χ3v) is 6.46. The molecule has 2 heterocycles. The molecule has 0 saturated carbocycles. The molecule has 0 aliphatic rings. The number of hydrogen-bond acceptors (Lipinski definition) is 7. The zero-order valence-electron chi connectivity index (χ0n) is 16.3. The van der Waals surface area contributed by atoms with Crippen LogP contribution in [0.25, 0.3) is 16.7 Å². The third kappa shape index (κ3) is 4.23. The van der Waals surface area contributed by atoms with Gasteiger partial charge in [-0.15, -0.1) is 5.10 Å². The van der Waals surface area contributed by atoms with E-state index in [0.29, 0.717) is 16.4 Å². The molecule has 0 atom stereocenters. The number of thioether (sulfide) groups is 1. The number of aryl methyl sites for hydroxylation is 1. The van der Waals surface area contributed by atoms with Gasteiger partial charge in [0.15, 0.2) is 0 Å². The molecule has 11 heteroatoms. The summed E-state index contributed by atoms with van der Waals surface area (Å²) in [6, 6.07) is 14.5. The van der Waals surface area contributed by atoms with Gasteiger partial charge in [0.1, 0.15) is 5.82 Å². The van der Waals surface area contributed by atoms with E-state index < -0.39 is 10.0 Å². The van der Waals surface area contributed by atoms with E-state index >= 15 is 0 Å². The molecule has 0 unspecified atom stereocenters. The van der Waals surface area contributed by atoms with Gasteiger partial charge in [-0.05, 0) is 47.2 Å². The van der Waals surface area contributed by atoms with Crippen LogP contribution in [0.1, 0.15) is 25.6 Å². The smallest absolute Gasteiger partial charge is 0.238 e. The van der Waals surface area contributed by atoms with Crippen LogP contribution in [0.15, 0.2) is 58.6 Å². The third-order valence-electron chi connectivity index (χ3n) is 4.63. The average molecular weight is 444 g/mol. The minimum absolute atomic E-state index is 0.0577. The zero-order chi connectivity index (χ0) is 21.1. The van der Waals surface area contributed by atoms with Gasteiger partial charge in [0.2, 0.25) is 15.2 Å². The van der Waals surface area contributed by atoms with Crippen LogP contribution < -0.4 is 5.14 Å². The van der Waals surface area contributed by atoms with E-state index in [4.69, 9.17) is 5.14 Å². The SMILES string of the molecule is CCCCn1c(CSc2nnnn2-c2ccccc2)nc2cc(S(N)(=O)=O)ccc21. The highest BCUT2D eigenvalue weighted by Crippen LogP contribution is 2.26. The van der Waals surface area contributed by atoms with Crippen LogP contribution in [0.4, 0.5) is 0 Å². The van der Waals surface area contributed by atoms with Gasteiger partial charge in [0.05, 0.1) is 27.4 Å². The van der Waals surface area contributed by atoms with Crippen LogP contribution in [0.5, 0.6) is 0 Å². The molecular formula is C19H21N7O2S2. The summed E-state index contributed by atoms with van der Waals surface area (Å²) in [5.74, 6) is 1.37. The van der Waals surface area contributed by atoms with Gasteiger partial charge in [-0.3, -0.25) is 0 Å². The van der Waals surface area contributed by atoms with Crippen LogP contribution >= 0.6 is 11.8 Å². The normalized spacial score (nSPS) is 11.9.